The molecule has 0 aromatic heterocycles. The third-order valence-electron chi connectivity index (χ3n) is 3.38. The summed E-state index contributed by atoms with van der Waals surface area (Å²) in [4.78, 5) is 13.9. The summed E-state index contributed by atoms with van der Waals surface area (Å²) in [5.41, 5.74) is 0.627. The Morgan fingerprint density at radius 3 is 2.54 bits per heavy atom. The van der Waals surface area contributed by atoms with E-state index in [0.29, 0.717) is 19.2 Å². The lowest BCUT2D eigenvalue weighted by atomic mass is 10.2. The molecule has 1 N–H and O–H groups in total. The molecule has 128 valence electrons. The van der Waals surface area contributed by atoms with Gasteiger partial charge in [0, 0.05) is 17.1 Å². The Labute approximate surface area is 146 Å². The largest absolute Gasteiger partial charge is 0.322 e. The minimum atomic E-state index is -0.858. The van der Waals surface area contributed by atoms with Crippen molar-refractivity contribution in [3.63, 3.8) is 0 Å². The van der Waals surface area contributed by atoms with Crippen LogP contribution in [0.2, 0.25) is 0 Å². The SMILES string of the molecule is CCN(CC(=O)Nc1c(F)cc(F)cc1Br)Cc1cccc(F)c1. The number of nitrogens with one attached hydrogen (secondary N) is 1. The van der Waals surface area contributed by atoms with Gasteiger partial charge in [-0.15, -0.1) is 0 Å². The normalized spacial score (nSPS) is 10.9. The fraction of sp³-hybridized carbons (Fsp3) is 0.235. The van der Waals surface area contributed by atoms with Gasteiger partial charge >= 0.3 is 0 Å². The van der Waals surface area contributed by atoms with Crippen LogP contribution in [0.3, 0.4) is 0 Å². The minimum Gasteiger partial charge on any atom is -0.322 e. The van der Waals surface area contributed by atoms with Gasteiger partial charge in [0.05, 0.1) is 12.2 Å². The molecule has 7 heteroatoms. The molecule has 0 aliphatic carbocycles. The number of carbonyl (C=O) groups is 1. The van der Waals surface area contributed by atoms with Gasteiger partial charge in [-0.3, -0.25) is 9.69 Å². The highest BCUT2D eigenvalue weighted by molar-refractivity contribution is 9.10. The van der Waals surface area contributed by atoms with Crippen molar-refractivity contribution in [3.8, 4) is 0 Å². The molecule has 0 saturated heterocycles. The number of amides is 1. The number of benzene rings is 2. The second-order valence-corrected chi connectivity index (χ2v) is 6.08. The maximum absolute atomic E-state index is 13.7. The molecular weight excluding hydrogens is 385 g/mol. The van der Waals surface area contributed by atoms with Gasteiger partial charge in [0.25, 0.3) is 0 Å². The first kappa shape index (κ1) is 18.5. The zero-order chi connectivity index (χ0) is 17.7. The number of nitrogens with zero attached hydrogens (tertiary/aromatic N) is 1. The lowest BCUT2D eigenvalue weighted by Crippen LogP contribution is -2.33. The number of rotatable bonds is 6. The van der Waals surface area contributed by atoms with Crippen LogP contribution in [0, 0.1) is 17.5 Å². The van der Waals surface area contributed by atoms with E-state index in [1.54, 1.807) is 17.0 Å². The molecule has 0 fully saturated rings. The first-order valence-corrected chi connectivity index (χ1v) is 8.09. The highest BCUT2D eigenvalue weighted by atomic mass is 79.9. The third-order valence-corrected chi connectivity index (χ3v) is 4.01. The van der Waals surface area contributed by atoms with Crippen molar-refractivity contribution in [1.82, 2.24) is 4.90 Å². The van der Waals surface area contributed by atoms with Crippen LogP contribution in [0.25, 0.3) is 0 Å². The zero-order valence-corrected chi connectivity index (χ0v) is 14.5. The molecule has 0 aliphatic heterocycles. The summed E-state index contributed by atoms with van der Waals surface area (Å²) >= 11 is 3.02. The maximum atomic E-state index is 13.7. The Morgan fingerprint density at radius 1 is 1.17 bits per heavy atom. The van der Waals surface area contributed by atoms with Crippen molar-refractivity contribution >= 4 is 27.5 Å². The van der Waals surface area contributed by atoms with Crippen LogP contribution in [-0.4, -0.2) is 23.9 Å². The Morgan fingerprint density at radius 2 is 1.92 bits per heavy atom. The van der Waals surface area contributed by atoms with Crippen molar-refractivity contribution in [2.45, 2.75) is 13.5 Å². The van der Waals surface area contributed by atoms with Crippen LogP contribution in [0.5, 0.6) is 0 Å². The van der Waals surface area contributed by atoms with Crippen LogP contribution in [-0.2, 0) is 11.3 Å². The summed E-state index contributed by atoms with van der Waals surface area (Å²) in [6, 6.07) is 7.88. The summed E-state index contributed by atoms with van der Waals surface area (Å²) in [6.45, 7) is 2.79. The van der Waals surface area contributed by atoms with E-state index in [2.05, 4.69) is 21.2 Å². The molecule has 0 radical (unpaired) electrons. The molecule has 1 amide bonds. The molecule has 2 rings (SSSR count). The predicted molar refractivity (Wildman–Crippen MR) is 90.0 cm³/mol. The zero-order valence-electron chi connectivity index (χ0n) is 13.0. The van der Waals surface area contributed by atoms with Crippen LogP contribution >= 0.6 is 15.9 Å². The number of hydrogen-bond donors (Lipinski definition) is 1. The molecule has 24 heavy (non-hydrogen) atoms. The topological polar surface area (TPSA) is 32.3 Å². The van der Waals surface area contributed by atoms with E-state index in [1.165, 1.54) is 12.1 Å². The van der Waals surface area contributed by atoms with Crippen LogP contribution in [0.15, 0.2) is 40.9 Å². The van der Waals surface area contributed by atoms with Gasteiger partial charge in [0.15, 0.2) is 5.82 Å². The monoisotopic (exact) mass is 400 g/mol. The molecule has 2 aromatic rings. The Bertz CT molecular complexity index is 717. The van der Waals surface area contributed by atoms with Crippen molar-refractivity contribution < 1.29 is 18.0 Å². The molecule has 0 aliphatic rings. The highest BCUT2D eigenvalue weighted by Gasteiger charge is 2.15. The highest BCUT2D eigenvalue weighted by Crippen LogP contribution is 2.26. The predicted octanol–water partition coefficient (Wildman–Crippen LogP) is 4.33. The van der Waals surface area contributed by atoms with E-state index in [0.717, 1.165) is 11.6 Å². The minimum absolute atomic E-state index is 0.00370. The van der Waals surface area contributed by atoms with Crippen molar-refractivity contribution in [3.05, 3.63) is 63.9 Å². The van der Waals surface area contributed by atoms with Crippen molar-refractivity contribution in [2.75, 3.05) is 18.4 Å². The second-order valence-electron chi connectivity index (χ2n) is 5.23. The third kappa shape index (κ3) is 5.07. The second kappa shape index (κ2) is 8.30. The summed E-state index contributed by atoms with van der Waals surface area (Å²) < 4.78 is 40.2. The Hall–Kier alpha value is -1.86. The molecule has 0 bridgehead atoms. The number of hydrogen-bond acceptors (Lipinski definition) is 2. The Balaban J connectivity index is 2.02. The van der Waals surface area contributed by atoms with Crippen molar-refractivity contribution in [2.24, 2.45) is 0 Å². The fourth-order valence-electron chi connectivity index (χ4n) is 2.22. The van der Waals surface area contributed by atoms with Gasteiger partial charge in [-0.1, -0.05) is 19.1 Å². The summed E-state index contributed by atoms with van der Waals surface area (Å²) in [5.74, 6) is -2.38. The van der Waals surface area contributed by atoms with E-state index in [1.807, 2.05) is 6.92 Å². The van der Waals surface area contributed by atoms with E-state index in [9.17, 15) is 18.0 Å². The van der Waals surface area contributed by atoms with E-state index in [-0.39, 0.29) is 22.5 Å². The van der Waals surface area contributed by atoms with Crippen LogP contribution in [0.1, 0.15) is 12.5 Å². The van der Waals surface area contributed by atoms with Gasteiger partial charge in [-0.2, -0.15) is 0 Å². The van der Waals surface area contributed by atoms with Gasteiger partial charge < -0.3 is 5.32 Å². The Kier molecular flexibility index (Phi) is 6.39. The average molecular weight is 401 g/mol. The molecule has 2 aromatic carbocycles. The lowest BCUT2D eigenvalue weighted by Gasteiger charge is -2.20. The van der Waals surface area contributed by atoms with E-state index in [4.69, 9.17) is 0 Å². The lowest BCUT2D eigenvalue weighted by molar-refractivity contribution is -0.117. The molecule has 0 heterocycles. The molecular formula is C17H16BrF3N2O. The summed E-state index contributed by atoms with van der Waals surface area (Å²) in [7, 11) is 0. The molecule has 0 spiro atoms. The van der Waals surface area contributed by atoms with Gasteiger partial charge in [0.2, 0.25) is 5.91 Å². The standard InChI is InChI=1S/C17H16BrF3N2O/c1-2-23(9-11-4-3-5-12(19)6-11)10-16(24)22-17-14(18)7-13(20)8-15(17)21/h3-8H,2,9-10H2,1H3,(H,22,24). The van der Waals surface area contributed by atoms with Gasteiger partial charge in [-0.25, -0.2) is 13.2 Å². The fourth-order valence-corrected chi connectivity index (χ4v) is 2.72. The van der Waals surface area contributed by atoms with Gasteiger partial charge in [0.1, 0.15) is 11.6 Å². The molecule has 0 atom stereocenters. The van der Waals surface area contributed by atoms with E-state index < -0.39 is 17.5 Å². The number of halogens is 4. The average Bonchev–Trinajstić information content (AvgIpc) is 2.50. The number of likely N-dealkylation sites (N-methyl/N-ethyl adjacent to an activating group) is 1. The molecule has 3 nitrogen and oxygen atoms in total. The quantitative estimate of drug-likeness (QED) is 0.782. The number of anilines is 1. The summed E-state index contributed by atoms with van der Waals surface area (Å²) in [5, 5.41) is 2.42. The molecule has 0 saturated carbocycles. The van der Waals surface area contributed by atoms with Crippen molar-refractivity contribution in [1.29, 1.82) is 0 Å². The van der Waals surface area contributed by atoms with E-state index >= 15 is 0 Å². The first-order valence-electron chi connectivity index (χ1n) is 7.30. The summed E-state index contributed by atoms with van der Waals surface area (Å²) in [6.07, 6.45) is 0. The van der Waals surface area contributed by atoms with Gasteiger partial charge in [-0.05, 0) is 46.2 Å². The smallest absolute Gasteiger partial charge is 0.238 e. The molecule has 0 unspecified atom stereocenters. The first-order chi connectivity index (χ1) is 11.4. The number of carbonyl (C=O) groups excluding carboxylic acids is 1. The maximum Gasteiger partial charge on any atom is 0.238 e. The van der Waals surface area contributed by atoms with Crippen LogP contribution < -0.4 is 5.32 Å². The van der Waals surface area contributed by atoms with Crippen LogP contribution in [0.4, 0.5) is 18.9 Å².